The fourth-order valence-electron chi connectivity index (χ4n) is 2.18. The standard InChI is InChI=1S/C11H19N3O2S/c1-14-7-5-10(13-14)4-6-12-11-3-2-8-17(15,16)9-11/h5,7,11-12H,2-4,6,8-9H2,1H3. The van der Waals surface area contributed by atoms with Gasteiger partial charge >= 0.3 is 0 Å². The number of rotatable bonds is 4. The number of sulfone groups is 1. The van der Waals surface area contributed by atoms with Gasteiger partial charge in [0, 0.05) is 32.3 Å². The Labute approximate surface area is 102 Å². The molecule has 1 saturated heterocycles. The van der Waals surface area contributed by atoms with E-state index in [0.717, 1.165) is 31.5 Å². The Morgan fingerprint density at radius 2 is 2.41 bits per heavy atom. The fraction of sp³-hybridized carbons (Fsp3) is 0.727. The molecular weight excluding hydrogens is 238 g/mol. The normalized spacial score (nSPS) is 23.7. The lowest BCUT2D eigenvalue weighted by atomic mass is 10.2. The maximum atomic E-state index is 11.4. The van der Waals surface area contributed by atoms with Crippen LogP contribution in [0.2, 0.25) is 0 Å². The van der Waals surface area contributed by atoms with Crippen molar-refractivity contribution in [2.24, 2.45) is 7.05 Å². The minimum Gasteiger partial charge on any atom is -0.313 e. The highest BCUT2D eigenvalue weighted by molar-refractivity contribution is 7.91. The van der Waals surface area contributed by atoms with Crippen LogP contribution >= 0.6 is 0 Å². The van der Waals surface area contributed by atoms with E-state index < -0.39 is 9.84 Å². The molecule has 2 rings (SSSR count). The fourth-order valence-corrected chi connectivity index (χ4v) is 3.86. The van der Waals surface area contributed by atoms with Gasteiger partial charge in [-0.05, 0) is 18.9 Å². The highest BCUT2D eigenvalue weighted by Gasteiger charge is 2.23. The number of nitrogens with zero attached hydrogens (tertiary/aromatic N) is 2. The van der Waals surface area contributed by atoms with E-state index in [4.69, 9.17) is 0 Å². The summed E-state index contributed by atoms with van der Waals surface area (Å²) in [5, 5.41) is 7.59. The topological polar surface area (TPSA) is 64.0 Å². The highest BCUT2D eigenvalue weighted by atomic mass is 32.2. The highest BCUT2D eigenvalue weighted by Crippen LogP contribution is 2.11. The first-order chi connectivity index (χ1) is 8.05. The van der Waals surface area contributed by atoms with Crippen LogP contribution in [0.1, 0.15) is 18.5 Å². The molecule has 0 aliphatic carbocycles. The van der Waals surface area contributed by atoms with E-state index in [0.29, 0.717) is 5.75 Å². The first-order valence-corrected chi connectivity index (χ1v) is 7.80. The second-order valence-electron chi connectivity index (χ2n) is 4.64. The van der Waals surface area contributed by atoms with E-state index in [1.165, 1.54) is 0 Å². The molecule has 0 saturated carbocycles. The van der Waals surface area contributed by atoms with Crippen molar-refractivity contribution < 1.29 is 8.42 Å². The van der Waals surface area contributed by atoms with Crippen LogP contribution in [0.15, 0.2) is 12.3 Å². The van der Waals surface area contributed by atoms with E-state index in [2.05, 4.69) is 10.4 Å². The first kappa shape index (κ1) is 12.6. The molecule has 1 aromatic rings. The molecule has 0 aromatic carbocycles. The quantitative estimate of drug-likeness (QED) is 0.833. The number of aryl methyl sites for hydroxylation is 1. The average molecular weight is 257 g/mol. The molecule has 1 atom stereocenters. The summed E-state index contributed by atoms with van der Waals surface area (Å²) in [6.07, 6.45) is 4.50. The molecule has 1 aromatic heterocycles. The maximum absolute atomic E-state index is 11.4. The second kappa shape index (κ2) is 5.18. The van der Waals surface area contributed by atoms with Crippen LogP contribution in [0.4, 0.5) is 0 Å². The lowest BCUT2D eigenvalue weighted by molar-refractivity contribution is 0.482. The van der Waals surface area contributed by atoms with E-state index in [9.17, 15) is 8.42 Å². The monoisotopic (exact) mass is 257 g/mol. The molecule has 1 aliphatic heterocycles. The van der Waals surface area contributed by atoms with Gasteiger partial charge in [0.05, 0.1) is 17.2 Å². The van der Waals surface area contributed by atoms with Gasteiger partial charge in [0.2, 0.25) is 0 Å². The molecule has 6 heteroatoms. The molecule has 96 valence electrons. The second-order valence-corrected chi connectivity index (χ2v) is 6.87. The third-order valence-corrected chi connectivity index (χ3v) is 4.87. The van der Waals surface area contributed by atoms with Crippen LogP contribution in [0.3, 0.4) is 0 Å². The average Bonchev–Trinajstić information content (AvgIpc) is 2.63. The van der Waals surface area contributed by atoms with E-state index in [-0.39, 0.29) is 11.8 Å². The summed E-state index contributed by atoms with van der Waals surface area (Å²) in [6, 6.07) is 2.11. The molecule has 5 nitrogen and oxygen atoms in total. The summed E-state index contributed by atoms with van der Waals surface area (Å²) >= 11 is 0. The van der Waals surface area contributed by atoms with E-state index >= 15 is 0 Å². The van der Waals surface area contributed by atoms with Crippen molar-refractivity contribution in [3.05, 3.63) is 18.0 Å². The Morgan fingerprint density at radius 1 is 1.59 bits per heavy atom. The third-order valence-electron chi connectivity index (χ3n) is 3.05. The minimum absolute atomic E-state index is 0.123. The number of aromatic nitrogens is 2. The lowest BCUT2D eigenvalue weighted by Gasteiger charge is -2.22. The van der Waals surface area contributed by atoms with Crippen molar-refractivity contribution in [3.63, 3.8) is 0 Å². The molecule has 0 amide bonds. The van der Waals surface area contributed by atoms with E-state index in [1.54, 1.807) is 4.68 Å². The van der Waals surface area contributed by atoms with Crippen LogP contribution in [0, 0.1) is 0 Å². The Hall–Kier alpha value is -0.880. The molecule has 0 radical (unpaired) electrons. The van der Waals surface area contributed by atoms with Crippen molar-refractivity contribution >= 4 is 9.84 Å². The Bertz CT molecular complexity index is 467. The van der Waals surface area contributed by atoms with Crippen LogP contribution in [0.5, 0.6) is 0 Å². The third kappa shape index (κ3) is 3.81. The Balaban J connectivity index is 1.75. The van der Waals surface area contributed by atoms with Gasteiger partial charge in [0.1, 0.15) is 0 Å². The Kier molecular flexibility index (Phi) is 3.83. The van der Waals surface area contributed by atoms with Crippen LogP contribution < -0.4 is 5.32 Å². The van der Waals surface area contributed by atoms with Crippen molar-refractivity contribution in [3.8, 4) is 0 Å². The van der Waals surface area contributed by atoms with Crippen LogP contribution in [-0.4, -0.2) is 42.3 Å². The SMILES string of the molecule is Cn1ccc(CCNC2CCCS(=O)(=O)C2)n1. The largest absolute Gasteiger partial charge is 0.313 e. The van der Waals surface area contributed by atoms with Crippen LogP contribution in [-0.2, 0) is 23.3 Å². The molecular formula is C11H19N3O2S. The predicted octanol–water partition coefficient (Wildman–Crippen LogP) is 0.129. The van der Waals surface area contributed by atoms with Gasteiger partial charge in [-0.1, -0.05) is 0 Å². The van der Waals surface area contributed by atoms with Gasteiger partial charge in [-0.2, -0.15) is 5.10 Å². The summed E-state index contributed by atoms with van der Waals surface area (Å²) in [4.78, 5) is 0. The van der Waals surface area contributed by atoms with Gasteiger partial charge in [-0.15, -0.1) is 0 Å². The van der Waals surface area contributed by atoms with Crippen molar-refractivity contribution in [1.29, 1.82) is 0 Å². The van der Waals surface area contributed by atoms with E-state index in [1.807, 2.05) is 19.3 Å². The zero-order valence-corrected chi connectivity index (χ0v) is 10.9. The summed E-state index contributed by atoms with van der Waals surface area (Å²) in [5.41, 5.74) is 1.04. The Morgan fingerprint density at radius 3 is 3.06 bits per heavy atom. The zero-order chi connectivity index (χ0) is 12.3. The molecule has 1 aliphatic rings. The summed E-state index contributed by atoms with van der Waals surface area (Å²) in [6.45, 7) is 0.789. The number of hydrogen-bond acceptors (Lipinski definition) is 4. The minimum atomic E-state index is -2.81. The molecule has 1 N–H and O–H groups in total. The molecule has 1 fully saturated rings. The smallest absolute Gasteiger partial charge is 0.151 e. The molecule has 0 spiro atoms. The van der Waals surface area contributed by atoms with Gasteiger partial charge in [-0.25, -0.2) is 8.42 Å². The van der Waals surface area contributed by atoms with Crippen molar-refractivity contribution in [1.82, 2.24) is 15.1 Å². The summed E-state index contributed by atoms with van der Waals surface area (Å²) in [7, 11) is -0.912. The molecule has 17 heavy (non-hydrogen) atoms. The van der Waals surface area contributed by atoms with Crippen molar-refractivity contribution in [2.75, 3.05) is 18.1 Å². The zero-order valence-electron chi connectivity index (χ0n) is 10.1. The van der Waals surface area contributed by atoms with Crippen LogP contribution in [0.25, 0.3) is 0 Å². The van der Waals surface area contributed by atoms with Gasteiger partial charge in [-0.3, -0.25) is 4.68 Å². The first-order valence-electron chi connectivity index (χ1n) is 5.97. The summed E-state index contributed by atoms with van der Waals surface area (Å²) in [5.74, 6) is 0.640. The predicted molar refractivity (Wildman–Crippen MR) is 66.6 cm³/mol. The molecule has 2 heterocycles. The number of nitrogens with one attached hydrogen (secondary N) is 1. The maximum Gasteiger partial charge on any atom is 0.151 e. The lowest BCUT2D eigenvalue weighted by Crippen LogP contribution is -2.40. The molecule has 1 unspecified atom stereocenters. The van der Waals surface area contributed by atoms with Gasteiger partial charge in [0.25, 0.3) is 0 Å². The van der Waals surface area contributed by atoms with Crippen molar-refractivity contribution in [2.45, 2.75) is 25.3 Å². The van der Waals surface area contributed by atoms with Gasteiger partial charge < -0.3 is 5.32 Å². The number of hydrogen-bond donors (Lipinski definition) is 1. The summed E-state index contributed by atoms with van der Waals surface area (Å²) < 4.78 is 24.7. The van der Waals surface area contributed by atoms with Gasteiger partial charge in [0.15, 0.2) is 9.84 Å². The molecule has 0 bridgehead atoms.